The number of likely N-dealkylation sites (N-methyl/N-ethyl adjacent to an activating group) is 1. The summed E-state index contributed by atoms with van der Waals surface area (Å²) in [6, 6.07) is 4.45. The largest absolute Gasteiger partial charge is 0.375 e. The molecule has 2 aromatic rings. The number of thiazole rings is 1. The molecule has 128 valence electrons. The fourth-order valence-corrected chi connectivity index (χ4v) is 4.49. The summed E-state index contributed by atoms with van der Waals surface area (Å²) in [5, 5.41) is 2.68. The number of anilines is 1. The Morgan fingerprint density at radius 3 is 2.96 bits per heavy atom. The van der Waals surface area contributed by atoms with E-state index in [1.807, 2.05) is 6.20 Å². The summed E-state index contributed by atoms with van der Waals surface area (Å²) in [6.07, 6.45) is 1.74. The fraction of sp³-hybridized carbons (Fsp3) is 0.533. The molecule has 0 saturated carbocycles. The highest BCUT2D eigenvalue weighted by Crippen LogP contribution is 2.25. The maximum absolute atomic E-state index is 13.9. The molecule has 0 radical (unpaired) electrons. The molecule has 0 unspecified atom stereocenters. The van der Waals surface area contributed by atoms with Crippen LogP contribution in [-0.4, -0.2) is 47.1 Å². The van der Waals surface area contributed by atoms with Crippen LogP contribution in [0.1, 0.15) is 16.2 Å². The zero-order chi connectivity index (χ0) is 15.5. The molecule has 0 spiro atoms. The first-order valence-electron chi connectivity index (χ1n) is 7.39. The molecule has 3 rings (SSSR count). The van der Waals surface area contributed by atoms with Crippen LogP contribution < -0.4 is 5.73 Å². The minimum atomic E-state index is -0.711. The van der Waals surface area contributed by atoms with Gasteiger partial charge in [0, 0.05) is 48.2 Å². The fourth-order valence-electron chi connectivity index (χ4n) is 2.99. The lowest BCUT2D eigenvalue weighted by Gasteiger charge is -2.27. The second-order valence-corrected chi connectivity index (χ2v) is 8.04. The van der Waals surface area contributed by atoms with E-state index in [1.165, 1.54) is 16.2 Å². The van der Waals surface area contributed by atoms with E-state index in [1.54, 1.807) is 11.3 Å². The highest BCUT2D eigenvalue weighted by atomic mass is 35.5. The van der Waals surface area contributed by atoms with Crippen molar-refractivity contribution >= 4 is 40.2 Å². The number of thiophene rings is 1. The monoisotopic (exact) mass is 376 g/mol. The molecule has 1 saturated heterocycles. The summed E-state index contributed by atoms with van der Waals surface area (Å²) < 4.78 is 13.9. The molecular formula is C15H22ClFN4S2. The number of hydrogen-bond donors (Lipinski definition) is 1. The first-order chi connectivity index (χ1) is 10.6. The molecule has 0 amide bonds. The van der Waals surface area contributed by atoms with Crippen molar-refractivity contribution < 1.29 is 4.39 Å². The van der Waals surface area contributed by atoms with Crippen LogP contribution in [0.15, 0.2) is 23.7 Å². The normalized spacial score (nSPS) is 21.7. The van der Waals surface area contributed by atoms with Gasteiger partial charge in [0.1, 0.15) is 6.17 Å². The van der Waals surface area contributed by atoms with Gasteiger partial charge in [0.05, 0.1) is 0 Å². The first-order valence-corrected chi connectivity index (χ1v) is 9.09. The Hall–Kier alpha value is -0.730. The molecule has 0 aliphatic carbocycles. The Morgan fingerprint density at radius 1 is 1.48 bits per heavy atom. The molecule has 2 aromatic heterocycles. The zero-order valence-corrected chi connectivity index (χ0v) is 15.5. The summed E-state index contributed by atoms with van der Waals surface area (Å²) in [5.74, 6) is 0. The van der Waals surface area contributed by atoms with Gasteiger partial charge in [-0.3, -0.25) is 9.80 Å². The summed E-state index contributed by atoms with van der Waals surface area (Å²) >= 11 is 3.26. The van der Waals surface area contributed by atoms with Crippen molar-refractivity contribution in [2.75, 3.05) is 25.9 Å². The van der Waals surface area contributed by atoms with Gasteiger partial charge in [-0.2, -0.15) is 0 Å². The number of alkyl halides is 1. The van der Waals surface area contributed by atoms with Crippen molar-refractivity contribution in [3.05, 3.63) is 33.5 Å². The molecular weight excluding hydrogens is 355 g/mol. The van der Waals surface area contributed by atoms with Crippen LogP contribution in [0.3, 0.4) is 0 Å². The quantitative estimate of drug-likeness (QED) is 0.840. The van der Waals surface area contributed by atoms with Gasteiger partial charge in [0.2, 0.25) is 0 Å². The first kappa shape index (κ1) is 18.6. The Bertz CT molecular complexity index is 592. The molecule has 2 atom stereocenters. The van der Waals surface area contributed by atoms with Crippen molar-refractivity contribution in [3.63, 3.8) is 0 Å². The van der Waals surface area contributed by atoms with E-state index in [0.29, 0.717) is 18.1 Å². The number of aromatic nitrogens is 1. The summed E-state index contributed by atoms with van der Waals surface area (Å²) in [6.45, 7) is 3.08. The number of rotatable bonds is 6. The van der Waals surface area contributed by atoms with E-state index in [4.69, 9.17) is 5.73 Å². The van der Waals surface area contributed by atoms with Crippen LogP contribution in [0.25, 0.3) is 0 Å². The van der Waals surface area contributed by atoms with Gasteiger partial charge >= 0.3 is 0 Å². The van der Waals surface area contributed by atoms with Gasteiger partial charge in [-0.05, 0) is 24.9 Å². The molecule has 8 heteroatoms. The predicted molar refractivity (Wildman–Crippen MR) is 98.1 cm³/mol. The van der Waals surface area contributed by atoms with Crippen LogP contribution >= 0.6 is 35.1 Å². The van der Waals surface area contributed by atoms with E-state index in [9.17, 15) is 4.39 Å². The van der Waals surface area contributed by atoms with Gasteiger partial charge in [-0.15, -0.1) is 35.1 Å². The number of nitrogens with zero attached hydrogens (tertiary/aromatic N) is 3. The average Bonchev–Trinajstić information content (AvgIpc) is 3.15. The molecule has 1 aliphatic heterocycles. The van der Waals surface area contributed by atoms with E-state index < -0.39 is 6.17 Å². The minimum absolute atomic E-state index is 0. The number of likely N-dealkylation sites (tertiary alicyclic amines) is 1. The Morgan fingerprint density at radius 2 is 2.30 bits per heavy atom. The van der Waals surface area contributed by atoms with Gasteiger partial charge in [-0.1, -0.05) is 6.07 Å². The maximum atomic E-state index is 13.9. The van der Waals surface area contributed by atoms with E-state index in [0.717, 1.165) is 24.5 Å². The van der Waals surface area contributed by atoms with Gasteiger partial charge in [0.15, 0.2) is 5.13 Å². The Balaban J connectivity index is 0.00000192. The molecule has 2 N–H and O–H groups in total. The summed E-state index contributed by atoms with van der Waals surface area (Å²) in [4.78, 5) is 11.0. The van der Waals surface area contributed by atoms with Crippen molar-refractivity contribution in [2.24, 2.45) is 0 Å². The summed E-state index contributed by atoms with van der Waals surface area (Å²) in [7, 11) is 2.07. The predicted octanol–water partition coefficient (Wildman–Crippen LogP) is 3.25. The number of nitrogens with two attached hydrogens (primary N) is 1. The van der Waals surface area contributed by atoms with Crippen LogP contribution in [0.2, 0.25) is 0 Å². The second kappa shape index (κ2) is 8.39. The SMILES string of the molecule is CN(Cc1cnc(N)s1)C[C@@H]1C[C@H](F)CN1Cc1cccs1.Cl. The topological polar surface area (TPSA) is 45.4 Å². The van der Waals surface area contributed by atoms with Crippen LogP contribution in [0.5, 0.6) is 0 Å². The minimum Gasteiger partial charge on any atom is -0.375 e. The number of nitrogen functional groups attached to an aromatic ring is 1. The third-order valence-corrected chi connectivity index (χ3v) is 5.61. The molecule has 0 bridgehead atoms. The average molecular weight is 377 g/mol. The number of halogens is 2. The van der Waals surface area contributed by atoms with Gasteiger partial charge in [-0.25, -0.2) is 9.37 Å². The van der Waals surface area contributed by atoms with Crippen molar-refractivity contribution in [3.8, 4) is 0 Å². The lowest BCUT2D eigenvalue weighted by molar-refractivity contribution is 0.182. The molecule has 4 nitrogen and oxygen atoms in total. The number of hydrogen-bond acceptors (Lipinski definition) is 6. The Kier molecular flexibility index (Phi) is 6.79. The van der Waals surface area contributed by atoms with Gasteiger partial charge < -0.3 is 5.73 Å². The van der Waals surface area contributed by atoms with Crippen LogP contribution in [0.4, 0.5) is 9.52 Å². The second-order valence-electron chi connectivity index (χ2n) is 5.86. The van der Waals surface area contributed by atoms with E-state index in [2.05, 4.69) is 39.3 Å². The molecule has 3 heterocycles. The third-order valence-electron chi connectivity index (χ3n) is 3.94. The van der Waals surface area contributed by atoms with Crippen molar-refractivity contribution in [1.82, 2.24) is 14.8 Å². The zero-order valence-electron chi connectivity index (χ0n) is 13.0. The molecule has 1 aliphatic rings. The Labute approximate surface area is 150 Å². The van der Waals surface area contributed by atoms with E-state index in [-0.39, 0.29) is 18.4 Å². The highest BCUT2D eigenvalue weighted by Gasteiger charge is 2.32. The molecule has 1 fully saturated rings. The third kappa shape index (κ3) is 5.12. The van der Waals surface area contributed by atoms with E-state index >= 15 is 0 Å². The maximum Gasteiger partial charge on any atom is 0.180 e. The highest BCUT2D eigenvalue weighted by molar-refractivity contribution is 7.15. The van der Waals surface area contributed by atoms with Crippen molar-refractivity contribution in [1.29, 1.82) is 0 Å². The summed E-state index contributed by atoms with van der Waals surface area (Å²) in [5.41, 5.74) is 5.67. The van der Waals surface area contributed by atoms with Gasteiger partial charge in [0.25, 0.3) is 0 Å². The van der Waals surface area contributed by atoms with Crippen LogP contribution in [-0.2, 0) is 13.1 Å². The molecule has 23 heavy (non-hydrogen) atoms. The van der Waals surface area contributed by atoms with Crippen molar-refractivity contribution in [2.45, 2.75) is 31.7 Å². The smallest absolute Gasteiger partial charge is 0.180 e. The lowest BCUT2D eigenvalue weighted by atomic mass is 10.2. The van der Waals surface area contributed by atoms with Crippen LogP contribution in [0, 0.1) is 0 Å². The molecule has 0 aromatic carbocycles. The lowest BCUT2D eigenvalue weighted by Crippen LogP contribution is -2.38. The standard InChI is InChI=1S/C15H21FN4S2.ClH/c1-19(9-14-6-18-15(17)22-14)8-12-5-11(16)7-20(12)10-13-3-2-4-21-13;/h2-4,6,11-12H,5,7-10H2,1H3,(H2,17,18);1H/t11-,12-;/m0./s1.